The normalized spacial score (nSPS) is 12.1. The van der Waals surface area contributed by atoms with Gasteiger partial charge in [-0.05, 0) is 68.0 Å². The Kier molecular flexibility index (Phi) is 13.2. The SMILES string of the molecule is C/C=C(\CCCCCCCCCC(CCCCCC)(c1ccc(O)cc1)c1ccc(O)cc1)C(N)=O. The number of hydrogen-bond donors (Lipinski definition) is 3. The van der Waals surface area contributed by atoms with Gasteiger partial charge in [0.2, 0.25) is 5.91 Å². The second-order valence-electron chi connectivity index (χ2n) is 10.1. The third kappa shape index (κ3) is 9.37. The summed E-state index contributed by atoms with van der Waals surface area (Å²) in [6.45, 7) is 4.12. The number of carbonyl (C=O) groups excluding carboxylic acids is 1. The summed E-state index contributed by atoms with van der Waals surface area (Å²) in [5.74, 6) is 0.293. The zero-order chi connectivity index (χ0) is 26.2. The molecule has 2 aromatic carbocycles. The van der Waals surface area contributed by atoms with Crippen LogP contribution in [-0.2, 0) is 10.2 Å². The van der Waals surface area contributed by atoms with Crippen LogP contribution >= 0.6 is 0 Å². The minimum atomic E-state index is -0.294. The molecule has 198 valence electrons. The maximum Gasteiger partial charge on any atom is 0.244 e. The first-order chi connectivity index (χ1) is 17.4. The van der Waals surface area contributed by atoms with E-state index in [9.17, 15) is 15.0 Å². The summed E-state index contributed by atoms with van der Waals surface area (Å²) in [4.78, 5) is 11.3. The fourth-order valence-electron chi connectivity index (χ4n) is 5.32. The van der Waals surface area contributed by atoms with Crippen LogP contribution in [0.2, 0.25) is 0 Å². The van der Waals surface area contributed by atoms with Crippen molar-refractivity contribution in [2.24, 2.45) is 5.73 Å². The minimum absolute atomic E-state index is 0.118. The van der Waals surface area contributed by atoms with Gasteiger partial charge in [0.15, 0.2) is 0 Å². The molecule has 0 aromatic heterocycles. The van der Waals surface area contributed by atoms with Crippen molar-refractivity contribution in [3.05, 3.63) is 71.3 Å². The van der Waals surface area contributed by atoms with Crippen molar-refractivity contribution >= 4 is 5.91 Å². The fraction of sp³-hybridized carbons (Fsp3) is 0.531. The van der Waals surface area contributed by atoms with Crippen LogP contribution in [0.4, 0.5) is 0 Å². The maximum absolute atomic E-state index is 11.3. The highest BCUT2D eigenvalue weighted by Gasteiger charge is 2.33. The van der Waals surface area contributed by atoms with Gasteiger partial charge in [0, 0.05) is 11.0 Å². The lowest BCUT2D eigenvalue weighted by Crippen LogP contribution is -2.28. The number of phenols is 2. The van der Waals surface area contributed by atoms with Crippen molar-refractivity contribution in [3.8, 4) is 11.5 Å². The molecule has 4 N–H and O–H groups in total. The quantitative estimate of drug-likeness (QED) is 0.144. The van der Waals surface area contributed by atoms with Crippen LogP contribution in [0.1, 0.15) is 115 Å². The number of nitrogens with two attached hydrogens (primary N) is 1. The van der Waals surface area contributed by atoms with E-state index in [-0.39, 0.29) is 11.3 Å². The van der Waals surface area contributed by atoms with Crippen LogP contribution in [0.5, 0.6) is 11.5 Å². The van der Waals surface area contributed by atoms with E-state index in [0.717, 1.165) is 50.5 Å². The Morgan fingerprint density at radius 3 is 1.56 bits per heavy atom. The summed E-state index contributed by atoms with van der Waals surface area (Å²) in [6, 6.07) is 15.5. The van der Waals surface area contributed by atoms with Crippen LogP contribution < -0.4 is 5.73 Å². The van der Waals surface area contributed by atoms with E-state index in [1.54, 1.807) is 24.3 Å². The first-order valence-corrected chi connectivity index (χ1v) is 14.0. The highest BCUT2D eigenvalue weighted by molar-refractivity contribution is 5.91. The van der Waals surface area contributed by atoms with E-state index in [1.807, 2.05) is 13.0 Å². The summed E-state index contributed by atoms with van der Waals surface area (Å²) in [5, 5.41) is 19.8. The number of carbonyl (C=O) groups is 1. The van der Waals surface area contributed by atoms with E-state index in [0.29, 0.717) is 11.5 Å². The molecule has 0 heterocycles. The summed E-state index contributed by atoms with van der Waals surface area (Å²) in [6.07, 6.45) is 17.7. The Morgan fingerprint density at radius 2 is 1.14 bits per heavy atom. The van der Waals surface area contributed by atoms with Crippen LogP contribution in [-0.4, -0.2) is 16.1 Å². The number of unbranched alkanes of at least 4 members (excludes halogenated alkanes) is 9. The third-order valence-corrected chi connectivity index (χ3v) is 7.51. The van der Waals surface area contributed by atoms with Gasteiger partial charge in [-0.15, -0.1) is 0 Å². The molecule has 0 fully saturated rings. The van der Waals surface area contributed by atoms with E-state index >= 15 is 0 Å². The second-order valence-corrected chi connectivity index (χ2v) is 10.1. The van der Waals surface area contributed by atoms with Crippen molar-refractivity contribution in [1.29, 1.82) is 0 Å². The Morgan fingerprint density at radius 1 is 0.722 bits per heavy atom. The molecule has 0 unspecified atom stereocenters. The predicted octanol–water partition coefficient (Wildman–Crippen LogP) is 8.30. The first kappa shape index (κ1) is 29.5. The van der Waals surface area contributed by atoms with Crippen LogP contribution in [0.25, 0.3) is 0 Å². The first-order valence-electron chi connectivity index (χ1n) is 14.0. The summed E-state index contributed by atoms with van der Waals surface area (Å²) < 4.78 is 0. The average molecular weight is 494 g/mol. The van der Waals surface area contributed by atoms with Crippen LogP contribution in [0, 0.1) is 0 Å². The summed E-state index contributed by atoms with van der Waals surface area (Å²) in [5.41, 5.74) is 8.51. The maximum atomic E-state index is 11.3. The number of hydrogen-bond acceptors (Lipinski definition) is 3. The molecule has 0 bridgehead atoms. The molecule has 2 rings (SSSR count). The zero-order valence-electron chi connectivity index (χ0n) is 22.5. The van der Waals surface area contributed by atoms with Gasteiger partial charge in [0.25, 0.3) is 0 Å². The molecule has 2 aromatic rings. The molecule has 0 aliphatic carbocycles. The Bertz CT molecular complexity index is 870. The largest absolute Gasteiger partial charge is 0.508 e. The fourth-order valence-corrected chi connectivity index (χ4v) is 5.32. The molecule has 0 atom stereocenters. The molecule has 0 aliphatic heterocycles. The van der Waals surface area contributed by atoms with Crippen LogP contribution in [0.3, 0.4) is 0 Å². The van der Waals surface area contributed by atoms with E-state index < -0.39 is 0 Å². The number of benzene rings is 2. The van der Waals surface area contributed by atoms with Gasteiger partial charge in [0.05, 0.1) is 0 Å². The molecular formula is C32H47NO3. The molecule has 4 nitrogen and oxygen atoms in total. The topological polar surface area (TPSA) is 83.6 Å². The number of rotatable bonds is 18. The van der Waals surface area contributed by atoms with Crippen molar-refractivity contribution in [1.82, 2.24) is 0 Å². The van der Waals surface area contributed by atoms with Gasteiger partial charge in [-0.3, -0.25) is 4.79 Å². The molecule has 0 saturated carbocycles. The minimum Gasteiger partial charge on any atom is -0.508 e. The predicted molar refractivity (Wildman–Crippen MR) is 150 cm³/mol. The zero-order valence-corrected chi connectivity index (χ0v) is 22.5. The molecule has 0 aliphatic rings. The Balaban J connectivity index is 2.00. The molecule has 4 heteroatoms. The molecule has 1 amide bonds. The highest BCUT2D eigenvalue weighted by Crippen LogP contribution is 2.43. The number of allylic oxidation sites excluding steroid dienone is 1. The van der Waals surface area contributed by atoms with Gasteiger partial charge in [-0.1, -0.05) is 101 Å². The molecule has 0 radical (unpaired) electrons. The lowest BCUT2D eigenvalue weighted by molar-refractivity contribution is -0.114. The van der Waals surface area contributed by atoms with E-state index in [2.05, 4.69) is 31.2 Å². The average Bonchev–Trinajstić information content (AvgIpc) is 2.87. The van der Waals surface area contributed by atoms with Crippen molar-refractivity contribution in [2.45, 2.75) is 109 Å². The van der Waals surface area contributed by atoms with Crippen molar-refractivity contribution < 1.29 is 15.0 Å². The summed E-state index contributed by atoms with van der Waals surface area (Å²) >= 11 is 0. The summed E-state index contributed by atoms with van der Waals surface area (Å²) in [7, 11) is 0. The monoisotopic (exact) mass is 493 g/mol. The van der Waals surface area contributed by atoms with Gasteiger partial charge < -0.3 is 15.9 Å². The van der Waals surface area contributed by atoms with Gasteiger partial charge in [0.1, 0.15) is 11.5 Å². The van der Waals surface area contributed by atoms with Gasteiger partial charge in [-0.2, -0.15) is 0 Å². The lowest BCUT2D eigenvalue weighted by atomic mass is 9.68. The van der Waals surface area contributed by atoms with E-state index in [1.165, 1.54) is 56.1 Å². The Hall–Kier alpha value is -2.75. The lowest BCUT2D eigenvalue weighted by Gasteiger charge is -2.36. The number of amides is 1. The van der Waals surface area contributed by atoms with Gasteiger partial charge in [-0.25, -0.2) is 0 Å². The van der Waals surface area contributed by atoms with Crippen molar-refractivity contribution in [3.63, 3.8) is 0 Å². The van der Waals surface area contributed by atoms with Crippen LogP contribution in [0.15, 0.2) is 60.2 Å². The second kappa shape index (κ2) is 16.1. The molecule has 36 heavy (non-hydrogen) atoms. The standard InChI is InChI=1S/C32H47NO3/c1-3-5-6-13-24-32(27-16-20-29(34)21-17-27,28-18-22-30(35)23-19-28)25-14-11-9-7-8-10-12-15-26(4-2)31(33)36/h4,16-23,34-35H,3,5-15,24-25H2,1-2H3,(H2,33,36)/b26-4+. The van der Waals surface area contributed by atoms with Crippen molar-refractivity contribution in [2.75, 3.05) is 0 Å². The smallest absolute Gasteiger partial charge is 0.244 e. The molecule has 0 spiro atoms. The molecular weight excluding hydrogens is 446 g/mol. The molecule has 0 saturated heterocycles. The number of primary amides is 1. The third-order valence-electron chi connectivity index (χ3n) is 7.51. The van der Waals surface area contributed by atoms with E-state index in [4.69, 9.17) is 5.73 Å². The number of aromatic hydroxyl groups is 2. The Labute approximate surface area is 218 Å². The van der Waals surface area contributed by atoms with Gasteiger partial charge >= 0.3 is 0 Å². The highest BCUT2D eigenvalue weighted by atomic mass is 16.3. The number of phenolic OH excluding ortho intramolecular Hbond substituents is 2.